The van der Waals surface area contributed by atoms with E-state index in [0.717, 1.165) is 12.1 Å². The zero-order chi connectivity index (χ0) is 30.4. The van der Waals surface area contributed by atoms with Crippen molar-refractivity contribution in [1.29, 1.82) is 0 Å². The van der Waals surface area contributed by atoms with Gasteiger partial charge in [-0.15, -0.1) is 13.2 Å². The third-order valence-electron chi connectivity index (χ3n) is 5.75. The third-order valence-corrected chi connectivity index (χ3v) is 6.49. The van der Waals surface area contributed by atoms with Crippen LogP contribution in [0.3, 0.4) is 0 Å². The number of carbonyl (C=O) groups is 3. The maximum atomic E-state index is 13.3. The van der Waals surface area contributed by atoms with Gasteiger partial charge in [-0.1, -0.05) is 41.4 Å². The van der Waals surface area contributed by atoms with Crippen LogP contribution in [-0.4, -0.2) is 45.6 Å². The van der Waals surface area contributed by atoms with Crippen LogP contribution in [-0.2, 0) is 11.3 Å². The normalized spacial score (nSPS) is 11.2. The highest BCUT2D eigenvalue weighted by molar-refractivity contribution is 6.42. The average molecular weight is 621 g/mol. The van der Waals surface area contributed by atoms with Gasteiger partial charge in [-0.2, -0.15) is 5.10 Å². The van der Waals surface area contributed by atoms with E-state index in [0.29, 0.717) is 27.4 Å². The van der Waals surface area contributed by atoms with Crippen LogP contribution in [0, 0.1) is 0 Å². The summed E-state index contributed by atoms with van der Waals surface area (Å²) in [6.45, 7) is 0.0978. The molecular weight excluding hydrogens is 600 g/mol. The van der Waals surface area contributed by atoms with Crippen molar-refractivity contribution < 1.29 is 37.4 Å². The molecule has 4 rings (SSSR count). The van der Waals surface area contributed by atoms with Crippen molar-refractivity contribution in [1.82, 2.24) is 15.1 Å². The standard InChI is InChI=1S/C28H21Cl2F3N4O5/c29-21-10-5-18(13-22(21)30)23-14-24(27(41)35-19-6-8-20(9-7-19)42-28(31,32)33)37(36-23)15-16-1-3-17(4-2-16)26(40)34-12-11-25(38)39/h1-10,13-14H,11-12,15H2,(H,34,40)(H,35,41)(H,38,39). The molecular formula is C28H21Cl2F3N4O5. The molecule has 9 nitrogen and oxygen atoms in total. The number of rotatable bonds is 10. The minimum absolute atomic E-state index is 0.0166. The molecule has 0 fully saturated rings. The SMILES string of the molecule is O=C(O)CCNC(=O)c1ccc(Cn2nc(-c3ccc(Cl)c(Cl)c3)cc2C(=O)Nc2ccc(OC(F)(F)F)cc2)cc1. The van der Waals surface area contributed by atoms with Gasteiger partial charge in [0.15, 0.2) is 0 Å². The van der Waals surface area contributed by atoms with Crippen LogP contribution in [0.5, 0.6) is 5.75 Å². The smallest absolute Gasteiger partial charge is 0.481 e. The molecule has 14 heteroatoms. The molecule has 1 aromatic heterocycles. The van der Waals surface area contributed by atoms with Gasteiger partial charge >= 0.3 is 12.3 Å². The molecule has 42 heavy (non-hydrogen) atoms. The number of carboxylic acids is 1. The van der Waals surface area contributed by atoms with E-state index in [4.69, 9.17) is 28.3 Å². The summed E-state index contributed by atoms with van der Waals surface area (Å²) in [6, 6.07) is 17.5. The summed E-state index contributed by atoms with van der Waals surface area (Å²) in [5, 5.41) is 19.0. The monoisotopic (exact) mass is 620 g/mol. The number of alkyl halides is 3. The van der Waals surface area contributed by atoms with Crippen LogP contribution >= 0.6 is 23.2 Å². The predicted octanol–water partition coefficient (Wildman–Crippen LogP) is 6.26. The number of aliphatic carboxylic acids is 1. The number of ether oxygens (including phenoxy) is 1. The average Bonchev–Trinajstić information content (AvgIpc) is 3.34. The third kappa shape index (κ3) is 8.24. The molecule has 3 N–H and O–H groups in total. The van der Waals surface area contributed by atoms with Gasteiger partial charge in [-0.3, -0.25) is 19.1 Å². The quantitative estimate of drug-likeness (QED) is 0.192. The largest absolute Gasteiger partial charge is 0.573 e. The van der Waals surface area contributed by atoms with E-state index in [1.165, 1.54) is 22.9 Å². The Kier molecular flexibility index (Phi) is 9.38. The van der Waals surface area contributed by atoms with Crippen LogP contribution in [0.4, 0.5) is 18.9 Å². The number of aromatic nitrogens is 2. The summed E-state index contributed by atoms with van der Waals surface area (Å²) >= 11 is 12.2. The van der Waals surface area contributed by atoms with Crippen molar-refractivity contribution in [2.75, 3.05) is 11.9 Å². The molecule has 0 saturated heterocycles. The van der Waals surface area contributed by atoms with Crippen molar-refractivity contribution in [3.8, 4) is 17.0 Å². The van der Waals surface area contributed by atoms with Crippen LogP contribution in [0.15, 0.2) is 72.8 Å². The Bertz CT molecular complexity index is 1610. The molecule has 4 aromatic rings. The summed E-state index contributed by atoms with van der Waals surface area (Å²) < 4.78 is 42.7. The number of anilines is 1. The summed E-state index contributed by atoms with van der Waals surface area (Å²) in [7, 11) is 0. The lowest BCUT2D eigenvalue weighted by Crippen LogP contribution is -2.26. The number of nitrogens with zero attached hydrogens (tertiary/aromatic N) is 2. The zero-order valence-electron chi connectivity index (χ0n) is 21.4. The van der Waals surface area contributed by atoms with E-state index in [2.05, 4.69) is 20.5 Å². The molecule has 0 spiro atoms. The van der Waals surface area contributed by atoms with Gasteiger partial charge in [0, 0.05) is 23.4 Å². The number of amides is 2. The molecule has 0 radical (unpaired) electrons. The van der Waals surface area contributed by atoms with Crippen molar-refractivity contribution in [2.45, 2.75) is 19.3 Å². The van der Waals surface area contributed by atoms with Crippen LogP contribution < -0.4 is 15.4 Å². The van der Waals surface area contributed by atoms with Crippen molar-refractivity contribution in [2.24, 2.45) is 0 Å². The molecule has 0 saturated carbocycles. The van der Waals surface area contributed by atoms with Gasteiger partial charge in [0.25, 0.3) is 11.8 Å². The second-order valence-electron chi connectivity index (χ2n) is 8.82. The van der Waals surface area contributed by atoms with E-state index in [9.17, 15) is 27.6 Å². The van der Waals surface area contributed by atoms with Gasteiger partial charge in [0.05, 0.1) is 28.7 Å². The summed E-state index contributed by atoms with van der Waals surface area (Å²) in [6.07, 6.45) is -5.05. The highest BCUT2D eigenvalue weighted by Gasteiger charge is 2.31. The Morgan fingerprint density at radius 1 is 0.905 bits per heavy atom. The molecule has 0 bridgehead atoms. The summed E-state index contributed by atoms with van der Waals surface area (Å²) in [4.78, 5) is 36.2. The Balaban J connectivity index is 1.57. The molecule has 218 valence electrons. The number of halogens is 5. The molecule has 2 amide bonds. The van der Waals surface area contributed by atoms with Gasteiger partial charge < -0.3 is 20.5 Å². The fourth-order valence-corrected chi connectivity index (χ4v) is 4.07. The number of nitrogens with one attached hydrogen (secondary N) is 2. The summed E-state index contributed by atoms with van der Waals surface area (Å²) in [5.41, 5.74) is 2.33. The van der Waals surface area contributed by atoms with Gasteiger partial charge in [-0.05, 0) is 60.2 Å². The Labute approximate surface area is 246 Å². The molecule has 0 unspecified atom stereocenters. The molecule has 0 aliphatic rings. The number of hydrogen-bond donors (Lipinski definition) is 3. The van der Waals surface area contributed by atoms with Gasteiger partial charge in [0.1, 0.15) is 11.4 Å². The van der Waals surface area contributed by atoms with E-state index in [1.54, 1.807) is 42.5 Å². The van der Waals surface area contributed by atoms with Crippen LogP contribution in [0.2, 0.25) is 10.0 Å². The Hall–Kier alpha value is -4.55. The topological polar surface area (TPSA) is 123 Å². The fourth-order valence-electron chi connectivity index (χ4n) is 3.77. The summed E-state index contributed by atoms with van der Waals surface area (Å²) in [5.74, 6) is -2.49. The van der Waals surface area contributed by atoms with E-state index in [-0.39, 0.29) is 35.9 Å². The number of carboxylic acid groups (broad SMARTS) is 1. The van der Waals surface area contributed by atoms with Gasteiger partial charge in [-0.25, -0.2) is 0 Å². The Morgan fingerprint density at radius 3 is 2.21 bits per heavy atom. The first kappa shape index (κ1) is 30.4. The molecule has 0 atom stereocenters. The first-order valence-corrected chi connectivity index (χ1v) is 12.9. The molecule has 3 aromatic carbocycles. The highest BCUT2D eigenvalue weighted by atomic mass is 35.5. The van der Waals surface area contributed by atoms with Crippen molar-refractivity contribution >= 4 is 46.7 Å². The second kappa shape index (κ2) is 13.0. The molecule has 1 heterocycles. The zero-order valence-corrected chi connectivity index (χ0v) is 22.9. The predicted molar refractivity (Wildman–Crippen MR) is 149 cm³/mol. The van der Waals surface area contributed by atoms with E-state index in [1.807, 2.05) is 0 Å². The second-order valence-corrected chi connectivity index (χ2v) is 9.64. The lowest BCUT2D eigenvalue weighted by molar-refractivity contribution is -0.274. The minimum Gasteiger partial charge on any atom is -0.481 e. The maximum Gasteiger partial charge on any atom is 0.573 e. The highest BCUT2D eigenvalue weighted by Crippen LogP contribution is 2.29. The first-order chi connectivity index (χ1) is 19.9. The van der Waals surface area contributed by atoms with Crippen molar-refractivity contribution in [3.05, 3.63) is 99.7 Å². The maximum absolute atomic E-state index is 13.3. The Morgan fingerprint density at radius 2 is 1.60 bits per heavy atom. The molecule has 0 aliphatic heterocycles. The van der Waals surface area contributed by atoms with Gasteiger partial charge in [0.2, 0.25) is 0 Å². The number of carbonyl (C=O) groups excluding carboxylic acids is 2. The van der Waals surface area contributed by atoms with Crippen LogP contribution in [0.25, 0.3) is 11.3 Å². The minimum atomic E-state index is -4.85. The van der Waals surface area contributed by atoms with E-state index >= 15 is 0 Å². The van der Waals surface area contributed by atoms with Crippen LogP contribution in [0.1, 0.15) is 32.8 Å². The number of hydrogen-bond acceptors (Lipinski definition) is 5. The lowest BCUT2D eigenvalue weighted by atomic mass is 10.1. The number of benzene rings is 3. The van der Waals surface area contributed by atoms with Crippen molar-refractivity contribution in [3.63, 3.8) is 0 Å². The molecule has 0 aliphatic carbocycles. The van der Waals surface area contributed by atoms with E-state index < -0.39 is 29.9 Å². The fraction of sp³-hybridized carbons (Fsp3) is 0.143. The first-order valence-electron chi connectivity index (χ1n) is 12.2. The lowest BCUT2D eigenvalue weighted by Gasteiger charge is -2.11.